The Labute approximate surface area is 85.2 Å². The van der Waals surface area contributed by atoms with Gasteiger partial charge in [0.15, 0.2) is 0 Å². The number of primary amides is 1. The third-order valence-electron chi connectivity index (χ3n) is 1.40. The van der Waals surface area contributed by atoms with E-state index in [9.17, 15) is 18.0 Å². The number of rotatable bonds is 1. The molecule has 0 atom stereocenters. The van der Waals surface area contributed by atoms with Crippen LogP contribution >= 0.6 is 15.9 Å². The number of carbonyl (C=O) groups is 1. The third-order valence-corrected chi connectivity index (χ3v) is 2.01. The monoisotopic (exact) mass is 268 g/mol. The summed E-state index contributed by atoms with van der Waals surface area (Å²) in [5.74, 6) is -0.884. The number of nitrogens with two attached hydrogens (primary N) is 1. The predicted molar refractivity (Wildman–Crippen MR) is 45.5 cm³/mol. The molecular formula is C7H4BrF3N2O. The van der Waals surface area contributed by atoms with E-state index in [2.05, 4.69) is 20.9 Å². The molecule has 3 nitrogen and oxygen atoms in total. The molecule has 7 heteroatoms. The van der Waals surface area contributed by atoms with Crippen LogP contribution in [-0.4, -0.2) is 10.9 Å². The smallest absolute Gasteiger partial charge is 0.364 e. The quantitative estimate of drug-likeness (QED) is 0.847. The Morgan fingerprint density at radius 2 is 2.07 bits per heavy atom. The fourth-order valence-electron chi connectivity index (χ4n) is 0.774. The molecule has 76 valence electrons. The zero-order chi connectivity index (χ0) is 10.9. The van der Waals surface area contributed by atoms with Crippen molar-refractivity contribution < 1.29 is 18.0 Å². The Morgan fingerprint density at radius 3 is 2.43 bits per heavy atom. The molecule has 0 aliphatic carbocycles. The van der Waals surface area contributed by atoms with Crippen molar-refractivity contribution in [2.45, 2.75) is 6.18 Å². The standard InChI is InChI=1S/C7H4BrF3N2O/c8-4-1-3(7(9,10)11)2-13-5(4)6(12)14/h1-2H,(H2,12,14). The zero-order valence-corrected chi connectivity index (χ0v) is 8.19. The molecule has 1 aromatic rings. The van der Waals surface area contributed by atoms with Crippen molar-refractivity contribution >= 4 is 21.8 Å². The first-order valence-electron chi connectivity index (χ1n) is 3.35. The molecule has 1 heterocycles. The maximum Gasteiger partial charge on any atom is 0.417 e. The van der Waals surface area contributed by atoms with Gasteiger partial charge in [-0.1, -0.05) is 0 Å². The minimum absolute atomic E-state index is 0.0696. The Balaban J connectivity index is 3.20. The number of amides is 1. The van der Waals surface area contributed by atoms with E-state index in [1.54, 1.807) is 0 Å². The molecule has 0 bridgehead atoms. The lowest BCUT2D eigenvalue weighted by Gasteiger charge is -2.07. The average molecular weight is 269 g/mol. The fourth-order valence-corrected chi connectivity index (χ4v) is 1.32. The lowest BCUT2D eigenvalue weighted by Crippen LogP contribution is -2.15. The maximum absolute atomic E-state index is 12.1. The molecule has 0 saturated carbocycles. The summed E-state index contributed by atoms with van der Waals surface area (Å²) in [7, 11) is 0. The molecule has 0 fully saturated rings. The molecule has 14 heavy (non-hydrogen) atoms. The first kappa shape index (κ1) is 11.0. The summed E-state index contributed by atoms with van der Waals surface area (Å²) in [4.78, 5) is 13.9. The van der Waals surface area contributed by atoms with Crippen molar-refractivity contribution in [3.63, 3.8) is 0 Å². The number of carbonyl (C=O) groups excluding carboxylic acids is 1. The predicted octanol–water partition coefficient (Wildman–Crippen LogP) is 1.96. The SMILES string of the molecule is NC(=O)c1ncc(C(F)(F)F)cc1Br. The van der Waals surface area contributed by atoms with Crippen LogP contribution in [-0.2, 0) is 6.18 Å². The zero-order valence-electron chi connectivity index (χ0n) is 6.60. The Hall–Kier alpha value is -1.11. The third kappa shape index (κ3) is 2.22. The molecule has 0 unspecified atom stereocenters. The van der Waals surface area contributed by atoms with Crippen molar-refractivity contribution in [3.8, 4) is 0 Å². The molecule has 0 aliphatic heterocycles. The minimum Gasteiger partial charge on any atom is -0.364 e. The van der Waals surface area contributed by atoms with Gasteiger partial charge in [-0.15, -0.1) is 0 Å². The molecule has 0 saturated heterocycles. The van der Waals surface area contributed by atoms with Crippen LogP contribution < -0.4 is 5.73 Å². The van der Waals surface area contributed by atoms with Gasteiger partial charge in [-0.25, -0.2) is 4.98 Å². The van der Waals surface area contributed by atoms with Gasteiger partial charge in [-0.2, -0.15) is 13.2 Å². The molecule has 1 amide bonds. The number of hydrogen-bond acceptors (Lipinski definition) is 2. The topological polar surface area (TPSA) is 56.0 Å². The van der Waals surface area contributed by atoms with Gasteiger partial charge in [0.2, 0.25) is 0 Å². The van der Waals surface area contributed by atoms with Crippen LogP contribution in [0.1, 0.15) is 16.1 Å². The van der Waals surface area contributed by atoms with Gasteiger partial charge >= 0.3 is 6.18 Å². The molecule has 2 N–H and O–H groups in total. The number of hydrogen-bond donors (Lipinski definition) is 1. The van der Waals surface area contributed by atoms with Gasteiger partial charge in [0.1, 0.15) is 5.69 Å². The second kappa shape index (κ2) is 3.56. The lowest BCUT2D eigenvalue weighted by molar-refractivity contribution is -0.137. The van der Waals surface area contributed by atoms with Crippen LogP contribution in [0.15, 0.2) is 16.7 Å². The van der Waals surface area contributed by atoms with Crippen molar-refractivity contribution in [1.29, 1.82) is 0 Å². The van der Waals surface area contributed by atoms with E-state index in [1.165, 1.54) is 0 Å². The van der Waals surface area contributed by atoms with Crippen molar-refractivity contribution in [3.05, 3.63) is 28.0 Å². The van der Waals surface area contributed by atoms with Gasteiger partial charge in [-0.3, -0.25) is 4.79 Å². The number of aromatic nitrogens is 1. The van der Waals surface area contributed by atoms with Gasteiger partial charge in [-0.05, 0) is 22.0 Å². The Bertz CT molecular complexity index is 378. The highest BCUT2D eigenvalue weighted by Gasteiger charge is 2.31. The van der Waals surface area contributed by atoms with E-state index in [1.807, 2.05) is 0 Å². The van der Waals surface area contributed by atoms with E-state index in [-0.39, 0.29) is 10.2 Å². The highest BCUT2D eigenvalue weighted by atomic mass is 79.9. The highest BCUT2D eigenvalue weighted by molar-refractivity contribution is 9.10. The highest BCUT2D eigenvalue weighted by Crippen LogP contribution is 2.30. The van der Waals surface area contributed by atoms with E-state index >= 15 is 0 Å². The van der Waals surface area contributed by atoms with E-state index < -0.39 is 17.6 Å². The molecule has 0 aromatic carbocycles. The second-order valence-electron chi connectivity index (χ2n) is 2.42. The average Bonchev–Trinajstić information content (AvgIpc) is 2.01. The summed E-state index contributed by atoms with van der Waals surface area (Å²) >= 11 is 2.78. The largest absolute Gasteiger partial charge is 0.417 e. The maximum atomic E-state index is 12.1. The summed E-state index contributed by atoms with van der Waals surface area (Å²) in [6.07, 6.45) is -3.92. The van der Waals surface area contributed by atoms with Crippen LogP contribution in [0.5, 0.6) is 0 Å². The molecule has 1 aromatic heterocycles. The van der Waals surface area contributed by atoms with E-state index in [0.717, 1.165) is 6.07 Å². The summed E-state index contributed by atoms with van der Waals surface area (Å²) < 4.78 is 36.3. The van der Waals surface area contributed by atoms with Gasteiger partial charge in [0.25, 0.3) is 5.91 Å². The van der Waals surface area contributed by atoms with Crippen molar-refractivity contribution in [1.82, 2.24) is 4.98 Å². The minimum atomic E-state index is -4.48. The molecular weight excluding hydrogens is 265 g/mol. The summed E-state index contributed by atoms with van der Waals surface area (Å²) in [6.45, 7) is 0. The first-order valence-corrected chi connectivity index (χ1v) is 4.14. The number of halogens is 4. The first-order chi connectivity index (χ1) is 6.32. The van der Waals surface area contributed by atoms with Crippen LogP contribution in [0.4, 0.5) is 13.2 Å². The normalized spacial score (nSPS) is 11.4. The summed E-state index contributed by atoms with van der Waals surface area (Å²) in [5.41, 5.74) is 3.70. The van der Waals surface area contributed by atoms with Crippen LogP contribution in [0, 0.1) is 0 Å². The van der Waals surface area contributed by atoms with Gasteiger partial charge in [0, 0.05) is 10.7 Å². The van der Waals surface area contributed by atoms with Crippen LogP contribution in [0.2, 0.25) is 0 Å². The summed E-state index contributed by atoms with van der Waals surface area (Å²) in [5, 5.41) is 0. The summed E-state index contributed by atoms with van der Waals surface area (Å²) in [6, 6.07) is 0.757. The molecule has 0 spiro atoms. The second-order valence-corrected chi connectivity index (χ2v) is 3.27. The number of alkyl halides is 3. The lowest BCUT2D eigenvalue weighted by atomic mass is 10.2. The van der Waals surface area contributed by atoms with Crippen molar-refractivity contribution in [2.75, 3.05) is 0 Å². The fraction of sp³-hybridized carbons (Fsp3) is 0.143. The number of pyridine rings is 1. The Morgan fingerprint density at radius 1 is 1.50 bits per heavy atom. The Kier molecular flexibility index (Phi) is 2.79. The van der Waals surface area contributed by atoms with E-state index in [4.69, 9.17) is 5.73 Å². The molecule has 0 radical (unpaired) electrons. The molecule has 0 aliphatic rings. The van der Waals surface area contributed by atoms with Crippen LogP contribution in [0.3, 0.4) is 0 Å². The van der Waals surface area contributed by atoms with E-state index in [0.29, 0.717) is 6.20 Å². The van der Waals surface area contributed by atoms with Crippen LogP contribution in [0.25, 0.3) is 0 Å². The molecule has 1 rings (SSSR count). The number of nitrogens with zero attached hydrogens (tertiary/aromatic N) is 1. The van der Waals surface area contributed by atoms with Crippen molar-refractivity contribution in [2.24, 2.45) is 5.73 Å². The van der Waals surface area contributed by atoms with Gasteiger partial charge < -0.3 is 5.73 Å². The van der Waals surface area contributed by atoms with Gasteiger partial charge in [0.05, 0.1) is 5.56 Å².